The third-order valence-corrected chi connectivity index (χ3v) is 5.90. The number of aromatic nitrogens is 4. The van der Waals surface area contributed by atoms with Gasteiger partial charge in [-0.3, -0.25) is 4.79 Å². The van der Waals surface area contributed by atoms with Gasteiger partial charge in [0.2, 0.25) is 0 Å². The molecule has 170 valence electrons. The number of ether oxygens (including phenoxy) is 1. The summed E-state index contributed by atoms with van der Waals surface area (Å²) in [5, 5.41) is 7.49. The second kappa shape index (κ2) is 10.3. The van der Waals surface area contributed by atoms with Gasteiger partial charge in [-0.2, -0.15) is 10.2 Å². The van der Waals surface area contributed by atoms with Crippen molar-refractivity contribution in [1.29, 1.82) is 0 Å². The van der Waals surface area contributed by atoms with Crippen molar-refractivity contribution < 1.29 is 9.53 Å². The second-order valence-corrected chi connectivity index (χ2v) is 8.23. The molecule has 0 radical (unpaired) electrons. The summed E-state index contributed by atoms with van der Waals surface area (Å²) in [6, 6.07) is 20.1. The first-order valence-corrected chi connectivity index (χ1v) is 11.4. The molecule has 0 amide bonds. The lowest BCUT2D eigenvalue weighted by Crippen LogP contribution is -2.36. The van der Waals surface area contributed by atoms with Gasteiger partial charge < -0.3 is 9.64 Å². The van der Waals surface area contributed by atoms with E-state index in [4.69, 9.17) is 9.72 Å². The number of carbonyl (C=O) groups is 1. The quantitative estimate of drug-likeness (QED) is 0.396. The summed E-state index contributed by atoms with van der Waals surface area (Å²) in [5.41, 5.74) is 5.77. The molecule has 2 aromatic carbocycles. The van der Waals surface area contributed by atoms with Crippen molar-refractivity contribution in [2.75, 3.05) is 31.2 Å². The number of nitrogens with zero attached hydrogens (tertiary/aromatic N) is 5. The number of hydrogen-bond acceptors (Lipinski definition) is 7. The largest absolute Gasteiger partial charge is 0.378 e. The average Bonchev–Trinajstić information content (AvgIpc) is 2.91. The molecular weight excluding hydrogens is 426 g/mol. The van der Waals surface area contributed by atoms with E-state index in [0.717, 1.165) is 48.9 Å². The van der Waals surface area contributed by atoms with Gasteiger partial charge in [-0.1, -0.05) is 36.4 Å². The van der Waals surface area contributed by atoms with Crippen LogP contribution in [0.2, 0.25) is 0 Å². The third-order valence-electron chi connectivity index (χ3n) is 5.90. The molecule has 34 heavy (non-hydrogen) atoms. The van der Waals surface area contributed by atoms with Gasteiger partial charge in [0.15, 0.2) is 5.78 Å². The minimum Gasteiger partial charge on any atom is -0.378 e. The predicted octanol–water partition coefficient (Wildman–Crippen LogP) is 3.79. The van der Waals surface area contributed by atoms with Crippen LogP contribution in [0.25, 0.3) is 11.3 Å². The summed E-state index contributed by atoms with van der Waals surface area (Å²) in [5.74, 6) is 0.799. The fourth-order valence-corrected chi connectivity index (χ4v) is 4.01. The van der Waals surface area contributed by atoms with Crippen molar-refractivity contribution in [3.63, 3.8) is 0 Å². The molecule has 0 aliphatic carbocycles. The zero-order valence-electron chi connectivity index (χ0n) is 18.8. The molecule has 0 spiro atoms. The highest BCUT2D eigenvalue weighted by Gasteiger charge is 2.12. The number of hydrogen-bond donors (Lipinski definition) is 0. The van der Waals surface area contributed by atoms with Crippen LogP contribution in [0.1, 0.15) is 27.3 Å². The number of carbonyl (C=O) groups excluding carboxylic acids is 1. The van der Waals surface area contributed by atoms with Crippen molar-refractivity contribution >= 4 is 11.5 Å². The standard InChI is InChI=1S/C27H25N5O2/c33-26(23-9-12-29-30-19-23)17-20-1-5-22(6-2-20)25-10-11-28-27(31-25)18-21-3-7-24(8-4-21)32-13-15-34-16-14-32/h1-12,19H,13-18H2. The Bertz CT molecular complexity index is 1240. The molecule has 2 aromatic heterocycles. The van der Waals surface area contributed by atoms with Crippen LogP contribution < -0.4 is 4.90 Å². The Labute approximate surface area is 198 Å². The lowest BCUT2D eigenvalue weighted by molar-refractivity contribution is 0.0992. The molecule has 4 aromatic rings. The molecule has 0 saturated carbocycles. The Hall–Kier alpha value is -3.97. The van der Waals surface area contributed by atoms with Crippen molar-refractivity contribution in [3.8, 4) is 11.3 Å². The van der Waals surface area contributed by atoms with E-state index in [1.807, 2.05) is 30.3 Å². The van der Waals surface area contributed by atoms with Gasteiger partial charge in [0.1, 0.15) is 5.82 Å². The molecule has 7 nitrogen and oxygen atoms in total. The van der Waals surface area contributed by atoms with Crippen LogP contribution in [0.4, 0.5) is 5.69 Å². The van der Waals surface area contributed by atoms with E-state index in [1.165, 1.54) is 23.6 Å². The molecule has 1 saturated heterocycles. The normalized spacial score (nSPS) is 13.6. The highest BCUT2D eigenvalue weighted by atomic mass is 16.5. The Morgan fingerprint density at radius 2 is 1.62 bits per heavy atom. The molecule has 5 rings (SSSR count). The molecule has 1 aliphatic rings. The lowest BCUT2D eigenvalue weighted by Gasteiger charge is -2.28. The van der Waals surface area contributed by atoms with Crippen LogP contribution in [0.15, 0.2) is 79.3 Å². The molecule has 7 heteroatoms. The van der Waals surface area contributed by atoms with E-state index < -0.39 is 0 Å². The molecule has 0 unspecified atom stereocenters. The molecule has 0 atom stereocenters. The number of morpholine rings is 1. The first kappa shape index (κ1) is 21.9. The molecule has 3 heterocycles. The van der Waals surface area contributed by atoms with Crippen molar-refractivity contribution in [1.82, 2.24) is 20.2 Å². The Balaban J connectivity index is 1.24. The minimum absolute atomic E-state index is 0.0200. The predicted molar refractivity (Wildman–Crippen MR) is 130 cm³/mol. The maximum Gasteiger partial charge on any atom is 0.168 e. The highest BCUT2D eigenvalue weighted by molar-refractivity contribution is 5.97. The van der Waals surface area contributed by atoms with Crippen molar-refractivity contribution in [2.24, 2.45) is 0 Å². The van der Waals surface area contributed by atoms with Gasteiger partial charge >= 0.3 is 0 Å². The Morgan fingerprint density at radius 3 is 2.35 bits per heavy atom. The lowest BCUT2D eigenvalue weighted by atomic mass is 10.0. The zero-order chi connectivity index (χ0) is 23.2. The molecule has 1 fully saturated rings. The van der Waals surface area contributed by atoms with Gasteiger partial charge in [0.05, 0.1) is 31.3 Å². The first-order valence-electron chi connectivity index (χ1n) is 11.4. The Morgan fingerprint density at radius 1 is 0.853 bits per heavy atom. The van der Waals surface area contributed by atoms with Crippen LogP contribution >= 0.6 is 0 Å². The number of Topliss-reactive ketones (excluding diaryl/α,β-unsaturated/α-hetero) is 1. The fraction of sp³-hybridized carbons (Fsp3) is 0.222. The zero-order valence-corrected chi connectivity index (χ0v) is 18.8. The highest BCUT2D eigenvalue weighted by Crippen LogP contribution is 2.21. The van der Waals surface area contributed by atoms with E-state index in [0.29, 0.717) is 18.4 Å². The van der Waals surface area contributed by atoms with E-state index in [9.17, 15) is 4.79 Å². The van der Waals surface area contributed by atoms with E-state index in [2.05, 4.69) is 44.3 Å². The average molecular weight is 452 g/mol. The number of benzene rings is 2. The smallest absolute Gasteiger partial charge is 0.168 e. The first-order chi connectivity index (χ1) is 16.7. The van der Waals surface area contributed by atoms with Crippen LogP contribution in [-0.2, 0) is 17.6 Å². The van der Waals surface area contributed by atoms with Gasteiger partial charge in [0.25, 0.3) is 0 Å². The summed E-state index contributed by atoms with van der Waals surface area (Å²) in [7, 11) is 0. The topological polar surface area (TPSA) is 81.1 Å². The van der Waals surface area contributed by atoms with E-state index >= 15 is 0 Å². The van der Waals surface area contributed by atoms with Gasteiger partial charge in [-0.25, -0.2) is 9.97 Å². The summed E-state index contributed by atoms with van der Waals surface area (Å²) in [4.78, 5) is 24.0. The maximum absolute atomic E-state index is 12.4. The van der Waals surface area contributed by atoms with Crippen molar-refractivity contribution in [3.05, 3.63) is 102 Å². The molecule has 0 bridgehead atoms. The van der Waals surface area contributed by atoms with Crippen LogP contribution in [0.5, 0.6) is 0 Å². The molecule has 0 N–H and O–H groups in total. The van der Waals surface area contributed by atoms with Gasteiger partial charge in [-0.15, -0.1) is 0 Å². The number of anilines is 1. The molecule has 1 aliphatic heterocycles. The van der Waals surface area contributed by atoms with Gasteiger partial charge in [-0.05, 0) is 35.4 Å². The maximum atomic E-state index is 12.4. The second-order valence-electron chi connectivity index (χ2n) is 8.23. The SMILES string of the molecule is O=C(Cc1ccc(-c2ccnc(Cc3ccc(N4CCOCC4)cc3)n2)cc1)c1ccnnc1. The summed E-state index contributed by atoms with van der Waals surface area (Å²) in [6.07, 6.45) is 5.82. The van der Waals surface area contributed by atoms with E-state index in [-0.39, 0.29) is 5.78 Å². The third kappa shape index (κ3) is 5.32. The number of ketones is 1. The van der Waals surface area contributed by atoms with E-state index in [1.54, 1.807) is 12.3 Å². The monoisotopic (exact) mass is 451 g/mol. The summed E-state index contributed by atoms with van der Waals surface area (Å²) < 4.78 is 5.44. The van der Waals surface area contributed by atoms with Crippen LogP contribution in [0.3, 0.4) is 0 Å². The Kier molecular flexibility index (Phi) is 6.63. The van der Waals surface area contributed by atoms with Crippen molar-refractivity contribution in [2.45, 2.75) is 12.8 Å². The summed E-state index contributed by atoms with van der Waals surface area (Å²) in [6.45, 7) is 3.42. The van der Waals surface area contributed by atoms with Gasteiger partial charge in [0, 0.05) is 48.9 Å². The summed E-state index contributed by atoms with van der Waals surface area (Å²) >= 11 is 0. The molecular formula is C27H25N5O2. The minimum atomic E-state index is 0.0200. The van der Waals surface area contributed by atoms with Crippen LogP contribution in [0, 0.1) is 0 Å². The van der Waals surface area contributed by atoms with Crippen LogP contribution in [-0.4, -0.2) is 52.3 Å². The fourth-order valence-electron chi connectivity index (χ4n) is 4.01. The number of rotatable bonds is 7.